The molecular weight excluding hydrogens is 144 g/mol. The first-order valence-electron chi connectivity index (χ1n) is 4.76. The lowest BCUT2D eigenvalue weighted by Crippen LogP contribution is -1.77. The Balaban J connectivity index is 3.55. The van der Waals surface area contributed by atoms with E-state index in [1.54, 1.807) is 6.08 Å². The molecule has 0 aromatic heterocycles. The number of hydrogen-bond donors (Lipinski definition) is 0. The highest BCUT2D eigenvalue weighted by Crippen LogP contribution is 2.07. The summed E-state index contributed by atoms with van der Waals surface area (Å²) in [6.07, 6.45) is 13.2. The van der Waals surface area contributed by atoms with Crippen molar-refractivity contribution < 1.29 is 0 Å². The highest BCUT2D eigenvalue weighted by atomic mass is 13.9. The van der Waals surface area contributed by atoms with Crippen LogP contribution < -0.4 is 0 Å². The summed E-state index contributed by atoms with van der Waals surface area (Å²) in [7, 11) is 0. The molecule has 0 saturated heterocycles. The summed E-state index contributed by atoms with van der Waals surface area (Å²) in [4.78, 5) is 0. The largest absolute Gasteiger partial charge is 0.0991 e. The Morgan fingerprint density at radius 1 is 1.25 bits per heavy atom. The molecule has 0 aliphatic rings. The number of rotatable bonds is 6. The van der Waals surface area contributed by atoms with Gasteiger partial charge in [-0.3, -0.25) is 0 Å². The van der Waals surface area contributed by atoms with Gasteiger partial charge in [0.1, 0.15) is 0 Å². The highest BCUT2D eigenvalue weighted by Gasteiger charge is 1.87. The van der Waals surface area contributed by atoms with Crippen molar-refractivity contribution in [2.45, 2.75) is 39.5 Å². The summed E-state index contributed by atoms with van der Waals surface area (Å²) in [6, 6.07) is 0. The van der Waals surface area contributed by atoms with Crippen LogP contribution in [-0.2, 0) is 0 Å². The summed E-state index contributed by atoms with van der Waals surface area (Å²) in [6.45, 7) is 8.03. The van der Waals surface area contributed by atoms with Crippen molar-refractivity contribution >= 4 is 0 Å². The number of hydrogen-bond acceptors (Lipinski definition) is 0. The minimum Gasteiger partial charge on any atom is -0.0991 e. The van der Waals surface area contributed by atoms with Crippen LogP contribution >= 0.6 is 0 Å². The van der Waals surface area contributed by atoms with Gasteiger partial charge in [-0.2, -0.15) is 0 Å². The van der Waals surface area contributed by atoms with E-state index in [9.17, 15) is 0 Å². The van der Waals surface area contributed by atoms with Crippen LogP contribution in [0, 0.1) is 0 Å². The van der Waals surface area contributed by atoms with Crippen LogP contribution in [0.4, 0.5) is 0 Å². The molecule has 0 radical (unpaired) electrons. The van der Waals surface area contributed by atoms with Crippen LogP contribution in [0.2, 0.25) is 0 Å². The Bertz CT molecular complexity index is 161. The highest BCUT2D eigenvalue weighted by molar-refractivity contribution is 5.13. The lowest BCUT2D eigenvalue weighted by Gasteiger charge is -1.97. The third-order valence-electron chi connectivity index (χ3n) is 1.80. The van der Waals surface area contributed by atoms with Gasteiger partial charge >= 0.3 is 0 Å². The van der Waals surface area contributed by atoms with Gasteiger partial charge in [0.15, 0.2) is 0 Å². The van der Waals surface area contributed by atoms with Crippen molar-refractivity contribution in [3.63, 3.8) is 0 Å². The molecule has 0 spiro atoms. The van der Waals surface area contributed by atoms with Crippen molar-refractivity contribution in [1.82, 2.24) is 0 Å². The zero-order chi connectivity index (χ0) is 9.23. The minimum atomic E-state index is 1.23. The van der Waals surface area contributed by atoms with E-state index >= 15 is 0 Å². The molecule has 0 bridgehead atoms. The lowest BCUT2D eigenvalue weighted by atomic mass is 10.1. The second-order valence-corrected chi connectivity index (χ2v) is 3.09. The van der Waals surface area contributed by atoms with Crippen LogP contribution in [0.5, 0.6) is 0 Å². The van der Waals surface area contributed by atoms with Crippen LogP contribution in [0.15, 0.2) is 36.5 Å². The molecule has 0 aliphatic heterocycles. The van der Waals surface area contributed by atoms with Crippen molar-refractivity contribution in [1.29, 1.82) is 0 Å². The van der Waals surface area contributed by atoms with Gasteiger partial charge in [-0.1, -0.05) is 56.2 Å². The smallest absolute Gasteiger partial charge is 0.0320 e. The molecule has 0 heteroatoms. The fourth-order valence-electron chi connectivity index (χ4n) is 1.04. The molecule has 0 amide bonds. The molecule has 0 saturated carbocycles. The fraction of sp³-hybridized carbons (Fsp3) is 0.500. The van der Waals surface area contributed by atoms with Gasteiger partial charge in [0.05, 0.1) is 0 Å². The molecular formula is C12H20. The third-order valence-corrected chi connectivity index (χ3v) is 1.80. The average Bonchev–Trinajstić information content (AvgIpc) is 2.06. The van der Waals surface area contributed by atoms with Crippen molar-refractivity contribution in [2.24, 2.45) is 0 Å². The normalized spacial score (nSPS) is 12.3. The molecule has 0 fully saturated rings. The zero-order valence-electron chi connectivity index (χ0n) is 8.34. The van der Waals surface area contributed by atoms with E-state index in [-0.39, 0.29) is 0 Å². The van der Waals surface area contributed by atoms with E-state index in [1.807, 2.05) is 12.2 Å². The summed E-state index contributed by atoms with van der Waals surface area (Å²) >= 11 is 0. The van der Waals surface area contributed by atoms with E-state index in [1.165, 1.54) is 31.3 Å². The monoisotopic (exact) mass is 164 g/mol. The molecule has 0 aliphatic carbocycles. The van der Waals surface area contributed by atoms with Gasteiger partial charge in [0, 0.05) is 0 Å². The van der Waals surface area contributed by atoms with Gasteiger partial charge < -0.3 is 0 Å². The standard InChI is InChI=1S/C12H20/c1-4-6-8-10-12(3)11-9-7-5-2/h4,6,8,10H,1,5,7,9,11H2,2-3H3/b8-6-,12-10+. The van der Waals surface area contributed by atoms with Crippen LogP contribution in [0.3, 0.4) is 0 Å². The predicted octanol–water partition coefficient (Wildman–Crippen LogP) is 4.26. The van der Waals surface area contributed by atoms with E-state index < -0.39 is 0 Å². The maximum Gasteiger partial charge on any atom is -0.0320 e. The maximum absolute atomic E-state index is 3.62. The number of unbranched alkanes of at least 4 members (excludes halogenated alkanes) is 2. The fourth-order valence-corrected chi connectivity index (χ4v) is 1.04. The summed E-state index contributed by atoms with van der Waals surface area (Å²) in [5.74, 6) is 0. The van der Waals surface area contributed by atoms with E-state index in [0.717, 1.165) is 0 Å². The Morgan fingerprint density at radius 3 is 2.58 bits per heavy atom. The Labute approximate surface area is 76.7 Å². The molecule has 0 unspecified atom stereocenters. The van der Waals surface area contributed by atoms with Gasteiger partial charge in [-0.15, -0.1) is 0 Å². The molecule has 0 atom stereocenters. The maximum atomic E-state index is 3.62. The molecule has 0 aromatic rings. The molecule has 0 nitrogen and oxygen atoms in total. The quantitative estimate of drug-likeness (QED) is 0.406. The second-order valence-electron chi connectivity index (χ2n) is 3.09. The van der Waals surface area contributed by atoms with Crippen molar-refractivity contribution in [3.05, 3.63) is 36.5 Å². The SMILES string of the molecule is C=C/C=C\C=C(/C)CCCCC. The van der Waals surface area contributed by atoms with E-state index in [0.29, 0.717) is 0 Å². The third kappa shape index (κ3) is 7.33. The molecule has 12 heavy (non-hydrogen) atoms. The summed E-state index contributed by atoms with van der Waals surface area (Å²) in [5, 5.41) is 0. The molecule has 0 aromatic carbocycles. The molecule has 68 valence electrons. The van der Waals surface area contributed by atoms with Gasteiger partial charge in [0.25, 0.3) is 0 Å². The van der Waals surface area contributed by atoms with E-state index in [2.05, 4.69) is 26.5 Å². The minimum absolute atomic E-state index is 1.23. The average molecular weight is 164 g/mol. The first kappa shape index (κ1) is 11.2. The second kappa shape index (κ2) is 8.32. The van der Waals surface area contributed by atoms with Crippen LogP contribution in [0.25, 0.3) is 0 Å². The van der Waals surface area contributed by atoms with Gasteiger partial charge in [-0.05, 0) is 19.8 Å². The van der Waals surface area contributed by atoms with Crippen molar-refractivity contribution in [2.75, 3.05) is 0 Å². The Hall–Kier alpha value is -0.780. The molecule has 0 heterocycles. The molecule has 0 N–H and O–H groups in total. The number of allylic oxidation sites excluding steroid dienone is 5. The van der Waals surface area contributed by atoms with E-state index in [4.69, 9.17) is 0 Å². The van der Waals surface area contributed by atoms with Gasteiger partial charge in [0.2, 0.25) is 0 Å². The van der Waals surface area contributed by atoms with Gasteiger partial charge in [-0.25, -0.2) is 0 Å². The topological polar surface area (TPSA) is 0 Å². The molecule has 0 rings (SSSR count). The summed E-state index contributed by atoms with van der Waals surface area (Å²) < 4.78 is 0. The summed E-state index contributed by atoms with van der Waals surface area (Å²) in [5.41, 5.74) is 1.46. The Morgan fingerprint density at radius 2 is 2.00 bits per heavy atom. The van der Waals surface area contributed by atoms with Crippen molar-refractivity contribution in [3.8, 4) is 0 Å². The first-order valence-corrected chi connectivity index (χ1v) is 4.76. The van der Waals surface area contributed by atoms with Crippen LogP contribution in [0.1, 0.15) is 39.5 Å². The lowest BCUT2D eigenvalue weighted by molar-refractivity contribution is 0.713. The predicted molar refractivity (Wildman–Crippen MR) is 57.2 cm³/mol. The van der Waals surface area contributed by atoms with Crippen LogP contribution in [-0.4, -0.2) is 0 Å². The Kier molecular flexibility index (Phi) is 7.78. The first-order chi connectivity index (χ1) is 5.81. The zero-order valence-corrected chi connectivity index (χ0v) is 8.34.